The molecule has 2 aliphatic rings. The van der Waals surface area contributed by atoms with Crippen LogP contribution in [0, 0.1) is 5.92 Å². The number of nitrogens with one attached hydrogen (secondary N) is 1. The van der Waals surface area contributed by atoms with E-state index in [2.05, 4.69) is 17.2 Å². The Morgan fingerprint density at radius 1 is 1.26 bits per heavy atom. The first-order chi connectivity index (χ1) is 10.7. The number of likely N-dealkylation sites (tertiary alicyclic amines) is 1. The summed E-state index contributed by atoms with van der Waals surface area (Å²) >= 11 is 0. The molecule has 23 heavy (non-hydrogen) atoms. The van der Waals surface area contributed by atoms with Gasteiger partial charge >= 0.3 is 0 Å². The van der Waals surface area contributed by atoms with Crippen LogP contribution in [0.15, 0.2) is 4.99 Å². The Morgan fingerprint density at radius 2 is 1.96 bits per heavy atom. The molecule has 2 fully saturated rings. The molecule has 1 saturated carbocycles. The Kier molecular flexibility index (Phi) is 9.90. The summed E-state index contributed by atoms with van der Waals surface area (Å²) in [6.07, 6.45) is 10.7. The number of aliphatic imine (C=N–C) groups is 1. The molecule has 1 aliphatic carbocycles. The molecule has 1 aliphatic heterocycles. The van der Waals surface area contributed by atoms with Crippen LogP contribution in [0.25, 0.3) is 0 Å². The van der Waals surface area contributed by atoms with Gasteiger partial charge < -0.3 is 16.0 Å². The molecule has 1 heterocycles. The zero-order valence-electron chi connectivity index (χ0n) is 14.4. The molecule has 3 N–H and O–H groups in total. The predicted octanol–water partition coefficient (Wildman–Crippen LogP) is 2.88. The van der Waals surface area contributed by atoms with Crippen molar-refractivity contribution in [3.05, 3.63) is 0 Å². The molecule has 0 aromatic heterocycles. The second kappa shape index (κ2) is 11.1. The van der Waals surface area contributed by atoms with Crippen LogP contribution in [0.5, 0.6) is 0 Å². The minimum Gasteiger partial charge on any atom is -0.370 e. The SMILES string of the molecule is CCCCCCCCNC(N)=NCC1CC(=O)N(C2CC2)C1.I. The highest BCUT2D eigenvalue weighted by Gasteiger charge is 2.38. The number of hydrogen-bond acceptors (Lipinski definition) is 2. The van der Waals surface area contributed by atoms with Gasteiger partial charge in [0.15, 0.2) is 5.96 Å². The van der Waals surface area contributed by atoms with E-state index >= 15 is 0 Å². The molecular weight excluding hydrogens is 403 g/mol. The van der Waals surface area contributed by atoms with E-state index in [1.165, 1.54) is 44.9 Å². The minimum absolute atomic E-state index is 0. The van der Waals surface area contributed by atoms with E-state index in [9.17, 15) is 4.79 Å². The summed E-state index contributed by atoms with van der Waals surface area (Å²) in [5, 5.41) is 3.18. The summed E-state index contributed by atoms with van der Waals surface area (Å²) in [5.74, 6) is 1.19. The lowest BCUT2D eigenvalue weighted by atomic mass is 10.1. The lowest BCUT2D eigenvalue weighted by Crippen LogP contribution is -2.33. The van der Waals surface area contributed by atoms with E-state index in [-0.39, 0.29) is 24.0 Å². The van der Waals surface area contributed by atoms with Crippen molar-refractivity contribution in [2.24, 2.45) is 16.6 Å². The number of carbonyl (C=O) groups excluding carboxylic acids is 1. The molecule has 0 aromatic rings. The van der Waals surface area contributed by atoms with Gasteiger partial charge in [0.1, 0.15) is 0 Å². The molecule has 0 bridgehead atoms. The number of guanidine groups is 1. The van der Waals surface area contributed by atoms with Crippen LogP contribution >= 0.6 is 24.0 Å². The average Bonchev–Trinajstić information content (AvgIpc) is 3.27. The minimum atomic E-state index is 0. The molecule has 5 nitrogen and oxygen atoms in total. The number of nitrogens with zero attached hydrogens (tertiary/aromatic N) is 2. The third-order valence-corrected chi connectivity index (χ3v) is 4.58. The van der Waals surface area contributed by atoms with E-state index in [1.807, 2.05) is 4.90 Å². The molecule has 1 unspecified atom stereocenters. The standard InChI is InChI=1S/C17H32N4O.HI/c1-2-3-4-5-6-7-10-19-17(18)20-12-14-11-16(22)21(13-14)15-8-9-15;/h14-15H,2-13H2,1H3,(H3,18,19,20);1H. The van der Waals surface area contributed by atoms with Crippen LogP contribution in [0.3, 0.4) is 0 Å². The van der Waals surface area contributed by atoms with Gasteiger partial charge in [0.25, 0.3) is 0 Å². The van der Waals surface area contributed by atoms with Gasteiger partial charge in [-0.2, -0.15) is 0 Å². The fraction of sp³-hybridized carbons (Fsp3) is 0.882. The molecule has 134 valence electrons. The molecule has 1 atom stereocenters. The van der Waals surface area contributed by atoms with Gasteiger partial charge in [0.2, 0.25) is 5.91 Å². The van der Waals surface area contributed by atoms with Crippen molar-refractivity contribution < 1.29 is 4.79 Å². The van der Waals surface area contributed by atoms with Gasteiger partial charge in [-0.3, -0.25) is 9.79 Å². The smallest absolute Gasteiger partial charge is 0.223 e. The molecule has 1 saturated heterocycles. The Labute approximate surface area is 157 Å². The summed E-state index contributed by atoms with van der Waals surface area (Å²) in [7, 11) is 0. The highest BCUT2D eigenvalue weighted by atomic mass is 127. The van der Waals surface area contributed by atoms with E-state index in [0.29, 0.717) is 36.8 Å². The normalized spacial score (nSPS) is 21.4. The maximum Gasteiger partial charge on any atom is 0.223 e. The molecule has 1 amide bonds. The van der Waals surface area contributed by atoms with Crippen molar-refractivity contribution in [3.63, 3.8) is 0 Å². The summed E-state index contributed by atoms with van der Waals surface area (Å²) in [5.41, 5.74) is 5.90. The third kappa shape index (κ3) is 7.72. The van der Waals surface area contributed by atoms with Gasteiger partial charge in [0.05, 0.1) is 0 Å². The van der Waals surface area contributed by atoms with E-state index in [0.717, 1.165) is 19.5 Å². The molecule has 0 spiro atoms. The van der Waals surface area contributed by atoms with Crippen molar-refractivity contribution in [3.8, 4) is 0 Å². The zero-order chi connectivity index (χ0) is 15.8. The largest absolute Gasteiger partial charge is 0.370 e. The average molecular weight is 436 g/mol. The van der Waals surface area contributed by atoms with Crippen LogP contribution in [0.1, 0.15) is 64.7 Å². The van der Waals surface area contributed by atoms with Crippen molar-refractivity contribution in [1.82, 2.24) is 10.2 Å². The third-order valence-electron chi connectivity index (χ3n) is 4.58. The molecular formula is C17H33IN4O. The highest BCUT2D eigenvalue weighted by Crippen LogP contribution is 2.32. The summed E-state index contributed by atoms with van der Waals surface area (Å²) in [6.45, 7) is 4.68. The first kappa shape index (κ1) is 20.5. The summed E-state index contributed by atoms with van der Waals surface area (Å²) in [6, 6.07) is 0.532. The topological polar surface area (TPSA) is 70.7 Å². The Hall–Kier alpha value is -0.530. The van der Waals surface area contributed by atoms with Gasteiger partial charge in [-0.05, 0) is 19.3 Å². The fourth-order valence-electron chi connectivity index (χ4n) is 3.08. The first-order valence-corrected chi connectivity index (χ1v) is 9.04. The van der Waals surface area contributed by atoms with Gasteiger partial charge in [-0.15, -0.1) is 24.0 Å². The van der Waals surface area contributed by atoms with E-state index in [1.54, 1.807) is 0 Å². The van der Waals surface area contributed by atoms with Gasteiger partial charge in [0, 0.05) is 38.0 Å². The molecule has 2 rings (SSSR count). The number of amides is 1. The molecule has 0 radical (unpaired) electrons. The maximum atomic E-state index is 11.9. The van der Waals surface area contributed by atoms with Gasteiger partial charge in [-0.25, -0.2) is 0 Å². The quantitative estimate of drug-likeness (QED) is 0.240. The fourth-order valence-corrected chi connectivity index (χ4v) is 3.08. The van der Waals surface area contributed by atoms with E-state index < -0.39 is 0 Å². The van der Waals surface area contributed by atoms with Crippen molar-refractivity contribution in [2.45, 2.75) is 70.8 Å². The van der Waals surface area contributed by atoms with Crippen LogP contribution < -0.4 is 11.1 Å². The maximum absolute atomic E-state index is 11.9. The van der Waals surface area contributed by atoms with E-state index in [4.69, 9.17) is 5.73 Å². The Morgan fingerprint density at radius 3 is 2.65 bits per heavy atom. The lowest BCUT2D eigenvalue weighted by molar-refractivity contribution is -0.128. The zero-order valence-corrected chi connectivity index (χ0v) is 16.8. The van der Waals surface area contributed by atoms with Crippen LogP contribution in [-0.4, -0.2) is 42.4 Å². The summed E-state index contributed by atoms with van der Waals surface area (Å²) < 4.78 is 0. The number of rotatable bonds is 10. The molecule has 6 heteroatoms. The van der Waals surface area contributed by atoms with Crippen molar-refractivity contribution >= 4 is 35.8 Å². The monoisotopic (exact) mass is 436 g/mol. The number of carbonyl (C=O) groups is 1. The van der Waals surface area contributed by atoms with Crippen LogP contribution in [-0.2, 0) is 4.79 Å². The second-order valence-corrected chi connectivity index (χ2v) is 6.77. The number of unbranched alkanes of at least 4 members (excludes halogenated alkanes) is 5. The second-order valence-electron chi connectivity index (χ2n) is 6.77. The summed E-state index contributed by atoms with van der Waals surface area (Å²) in [4.78, 5) is 18.3. The Bertz CT molecular complexity index is 385. The van der Waals surface area contributed by atoms with Gasteiger partial charge in [-0.1, -0.05) is 39.0 Å². The first-order valence-electron chi connectivity index (χ1n) is 9.04. The predicted molar refractivity (Wildman–Crippen MR) is 106 cm³/mol. The number of nitrogens with two attached hydrogens (primary N) is 1. The highest BCUT2D eigenvalue weighted by molar-refractivity contribution is 14.0. The molecule has 0 aromatic carbocycles. The van der Waals surface area contributed by atoms with Crippen molar-refractivity contribution in [1.29, 1.82) is 0 Å². The number of hydrogen-bond donors (Lipinski definition) is 2. The number of halogens is 1. The Balaban J connectivity index is 0.00000264. The van der Waals surface area contributed by atoms with Crippen LogP contribution in [0.2, 0.25) is 0 Å². The lowest BCUT2D eigenvalue weighted by Gasteiger charge is -2.14. The van der Waals surface area contributed by atoms with Crippen LogP contribution in [0.4, 0.5) is 0 Å². The van der Waals surface area contributed by atoms with Crippen molar-refractivity contribution in [2.75, 3.05) is 19.6 Å².